The van der Waals surface area contributed by atoms with Gasteiger partial charge in [-0.2, -0.15) is 0 Å². The van der Waals surface area contributed by atoms with E-state index < -0.39 is 7.26 Å². The summed E-state index contributed by atoms with van der Waals surface area (Å²) in [6.45, 7) is 10.6. The van der Waals surface area contributed by atoms with Crippen LogP contribution < -0.4 is 10.1 Å². The molecule has 0 aliphatic rings. The van der Waals surface area contributed by atoms with Crippen LogP contribution in [-0.4, -0.2) is 38.7 Å². The molecule has 1 amide bonds. The first-order valence-corrected chi connectivity index (χ1v) is 9.61. The number of methoxy groups -OCH3 is 1. The molecule has 0 spiro atoms. The zero-order valence-corrected chi connectivity index (χ0v) is 17.1. The zero-order valence-electron chi connectivity index (χ0n) is 13.4. The molecule has 3 nitrogen and oxygen atoms in total. The van der Waals surface area contributed by atoms with E-state index in [1.807, 2.05) is 26.0 Å². The van der Waals surface area contributed by atoms with Gasteiger partial charge in [-0.3, -0.25) is 4.79 Å². The fraction of sp³-hybridized carbons (Fsp3) is 0.533. The van der Waals surface area contributed by atoms with Gasteiger partial charge in [-0.1, -0.05) is 0 Å². The Morgan fingerprint density at radius 3 is 2.15 bits per heavy atom. The standard InChI is InChI=1S/C15H24NO2P.Y/c1-7-19(5,6)10-14(17)16-15-11(2)8-13(18-4)9-12(15)3;/h8-9H,7,10H2,1-6H3;/p+1. The Morgan fingerprint density at radius 2 is 1.75 bits per heavy atom. The van der Waals surface area contributed by atoms with E-state index in [4.69, 9.17) is 4.74 Å². The van der Waals surface area contributed by atoms with E-state index in [0.29, 0.717) is 6.16 Å². The third-order valence-corrected chi connectivity index (χ3v) is 6.29. The Balaban J connectivity index is 0.00000361. The average molecular weight is 371 g/mol. The van der Waals surface area contributed by atoms with Crippen LogP contribution in [0.3, 0.4) is 0 Å². The topological polar surface area (TPSA) is 38.3 Å². The molecule has 0 saturated heterocycles. The van der Waals surface area contributed by atoms with Gasteiger partial charge in [0.2, 0.25) is 0 Å². The van der Waals surface area contributed by atoms with Crippen molar-refractivity contribution in [3.05, 3.63) is 23.3 Å². The van der Waals surface area contributed by atoms with Gasteiger partial charge in [-0.15, -0.1) is 0 Å². The van der Waals surface area contributed by atoms with E-state index in [1.54, 1.807) is 7.11 Å². The monoisotopic (exact) mass is 371 g/mol. The Kier molecular flexibility index (Phi) is 8.47. The summed E-state index contributed by atoms with van der Waals surface area (Å²) in [5.74, 6) is 0.950. The van der Waals surface area contributed by atoms with Crippen LogP contribution >= 0.6 is 7.26 Å². The first-order chi connectivity index (χ1) is 8.79. The van der Waals surface area contributed by atoms with Crippen LogP contribution in [-0.2, 0) is 37.5 Å². The van der Waals surface area contributed by atoms with Gasteiger partial charge in [0.05, 0.1) is 13.3 Å². The fourth-order valence-electron chi connectivity index (χ4n) is 1.92. The van der Waals surface area contributed by atoms with E-state index in [9.17, 15) is 4.79 Å². The molecule has 0 fully saturated rings. The summed E-state index contributed by atoms with van der Waals surface area (Å²) in [7, 11) is 0.555. The Labute approximate surface area is 148 Å². The molecule has 20 heavy (non-hydrogen) atoms. The summed E-state index contributed by atoms with van der Waals surface area (Å²) in [6, 6.07) is 3.89. The molecule has 0 atom stereocenters. The molecule has 0 aliphatic carbocycles. The van der Waals surface area contributed by atoms with E-state index in [0.717, 1.165) is 28.7 Å². The molecular weight excluding hydrogens is 346 g/mol. The van der Waals surface area contributed by atoms with Gasteiger partial charge >= 0.3 is 0 Å². The smallest absolute Gasteiger partial charge is 0.261 e. The number of carbonyl (C=O) groups is 1. The molecule has 0 heterocycles. The van der Waals surface area contributed by atoms with Gasteiger partial charge in [-0.25, -0.2) is 0 Å². The molecule has 5 heteroatoms. The molecule has 0 bridgehead atoms. The number of nitrogens with one attached hydrogen (secondary N) is 1. The number of aryl methyl sites for hydroxylation is 2. The van der Waals surface area contributed by atoms with E-state index >= 15 is 0 Å². The Morgan fingerprint density at radius 1 is 1.25 bits per heavy atom. The van der Waals surface area contributed by atoms with Crippen LogP contribution in [0.25, 0.3) is 0 Å². The minimum Gasteiger partial charge on any atom is -0.497 e. The molecule has 0 aromatic heterocycles. The number of amides is 1. The molecule has 1 rings (SSSR count). The van der Waals surface area contributed by atoms with Crippen LogP contribution in [0.1, 0.15) is 18.1 Å². The largest absolute Gasteiger partial charge is 0.497 e. The summed E-state index contributed by atoms with van der Waals surface area (Å²) >= 11 is 0. The van der Waals surface area contributed by atoms with Crippen molar-refractivity contribution in [2.45, 2.75) is 20.8 Å². The van der Waals surface area contributed by atoms with Crippen molar-refractivity contribution in [2.75, 3.05) is 38.1 Å². The van der Waals surface area contributed by atoms with Crippen molar-refractivity contribution in [3.8, 4) is 5.75 Å². The molecule has 0 saturated carbocycles. The number of hydrogen-bond donors (Lipinski definition) is 1. The summed E-state index contributed by atoms with van der Waals surface area (Å²) in [4.78, 5) is 12.1. The number of hydrogen-bond acceptors (Lipinski definition) is 2. The predicted octanol–water partition coefficient (Wildman–Crippen LogP) is 3.55. The van der Waals surface area contributed by atoms with Crippen LogP contribution in [0.15, 0.2) is 12.1 Å². The fourth-order valence-corrected chi connectivity index (χ4v) is 3.00. The van der Waals surface area contributed by atoms with Crippen molar-refractivity contribution in [3.63, 3.8) is 0 Å². The summed E-state index contributed by atoms with van der Waals surface area (Å²) in [6.07, 6.45) is 1.75. The molecule has 1 aromatic rings. The number of ether oxygens (including phenoxy) is 1. The molecule has 0 aliphatic heterocycles. The van der Waals surface area contributed by atoms with Crippen molar-refractivity contribution in [2.24, 2.45) is 0 Å². The molecule has 1 aromatic carbocycles. The number of rotatable bonds is 5. The maximum Gasteiger partial charge on any atom is 0.261 e. The molecule has 1 N–H and O–H groups in total. The van der Waals surface area contributed by atoms with Gasteiger partial charge in [0.15, 0.2) is 0 Å². The van der Waals surface area contributed by atoms with Crippen LogP contribution in [0.4, 0.5) is 5.69 Å². The maximum atomic E-state index is 12.1. The van der Waals surface area contributed by atoms with E-state index in [-0.39, 0.29) is 38.6 Å². The van der Waals surface area contributed by atoms with Crippen molar-refractivity contribution in [1.82, 2.24) is 0 Å². The number of anilines is 1. The Bertz CT molecular complexity index is 452. The third-order valence-electron chi connectivity index (χ3n) is 3.43. The maximum absolute atomic E-state index is 12.1. The van der Waals surface area contributed by atoms with Crippen molar-refractivity contribution in [1.29, 1.82) is 0 Å². The molecular formula is C15H25NO2PY+. The van der Waals surface area contributed by atoms with E-state index in [1.165, 1.54) is 0 Å². The van der Waals surface area contributed by atoms with Gasteiger partial charge in [0.1, 0.15) is 11.9 Å². The summed E-state index contributed by atoms with van der Waals surface area (Å²) in [5, 5.41) is 3.05. The SMILES string of the molecule is CC[P+](C)(C)CC(=O)Nc1c(C)cc(OC)cc1C.[Y]. The predicted molar refractivity (Wildman–Crippen MR) is 85.3 cm³/mol. The zero-order chi connectivity index (χ0) is 14.6. The van der Waals surface area contributed by atoms with E-state index in [2.05, 4.69) is 25.6 Å². The Hall–Kier alpha value is 0.0239. The second-order valence-corrected chi connectivity index (χ2v) is 10.4. The second-order valence-electron chi connectivity index (χ2n) is 5.59. The van der Waals surface area contributed by atoms with Crippen LogP contribution in [0.2, 0.25) is 0 Å². The van der Waals surface area contributed by atoms with Crippen molar-refractivity contribution >= 4 is 18.9 Å². The minimum absolute atomic E-state index is 0. The molecule has 0 unspecified atom stereocenters. The average Bonchev–Trinajstić information content (AvgIpc) is 2.33. The van der Waals surface area contributed by atoms with Gasteiger partial charge in [0, 0.05) is 59.0 Å². The molecule has 1 radical (unpaired) electrons. The minimum atomic E-state index is -1.10. The first-order valence-electron chi connectivity index (χ1n) is 6.56. The quantitative estimate of drug-likeness (QED) is 0.804. The summed E-state index contributed by atoms with van der Waals surface area (Å²) in [5.41, 5.74) is 3.00. The second kappa shape index (κ2) is 8.46. The first kappa shape index (κ1) is 20.0. The third kappa shape index (κ3) is 5.79. The molecule has 109 valence electrons. The van der Waals surface area contributed by atoms with Gasteiger partial charge < -0.3 is 10.1 Å². The normalized spacial score (nSPS) is 10.7. The van der Waals surface area contributed by atoms with Crippen molar-refractivity contribution < 1.29 is 42.2 Å². The summed E-state index contributed by atoms with van der Waals surface area (Å²) < 4.78 is 5.23. The van der Waals surface area contributed by atoms with Gasteiger partial charge in [0.25, 0.3) is 5.91 Å². The van der Waals surface area contributed by atoms with Gasteiger partial charge in [-0.05, 0) is 44.0 Å². The van der Waals surface area contributed by atoms with Crippen LogP contribution in [0, 0.1) is 13.8 Å². The van der Waals surface area contributed by atoms with Crippen LogP contribution in [0.5, 0.6) is 5.75 Å². The number of benzene rings is 1. The number of carbonyl (C=O) groups excluding carboxylic acids is 1.